The summed E-state index contributed by atoms with van der Waals surface area (Å²) in [6.07, 6.45) is -7.99. The van der Waals surface area contributed by atoms with Crippen molar-refractivity contribution in [3.63, 3.8) is 0 Å². The van der Waals surface area contributed by atoms with Gasteiger partial charge in [-0.25, -0.2) is 8.78 Å². The summed E-state index contributed by atoms with van der Waals surface area (Å²) in [5, 5.41) is 0. The summed E-state index contributed by atoms with van der Waals surface area (Å²) in [6.45, 7) is 2.66. The highest BCUT2D eigenvalue weighted by Crippen LogP contribution is 2.42. The van der Waals surface area contributed by atoms with Crippen molar-refractivity contribution < 1.29 is 31.5 Å². The van der Waals surface area contributed by atoms with E-state index in [0.29, 0.717) is 13.1 Å². The highest BCUT2D eigenvalue weighted by Gasteiger charge is 2.55. The third kappa shape index (κ3) is 4.71. The Morgan fingerprint density at radius 1 is 1.22 bits per heavy atom. The Morgan fingerprint density at radius 3 is 2.47 bits per heavy atom. The summed E-state index contributed by atoms with van der Waals surface area (Å²) in [7, 11) is 1.88. The van der Waals surface area contributed by atoms with E-state index < -0.39 is 42.1 Å². The molecule has 0 saturated carbocycles. The second-order valence-electron chi connectivity index (χ2n) is 8.16. The zero-order valence-corrected chi connectivity index (χ0v) is 17.6. The number of primary amides is 1. The number of aliphatic imine (C=N–C) groups is 1. The molecule has 6 atom stereocenters. The van der Waals surface area contributed by atoms with E-state index in [1.54, 1.807) is 4.90 Å². The van der Waals surface area contributed by atoms with Crippen molar-refractivity contribution in [2.24, 2.45) is 16.5 Å². The molecule has 1 aromatic carbocycles. The number of alkyl halides is 3. The maximum absolute atomic E-state index is 14.2. The monoisotopic (exact) mass is 463 g/mol. The number of amidine groups is 1. The van der Waals surface area contributed by atoms with Gasteiger partial charge in [-0.1, -0.05) is 0 Å². The SMILES string of the molecule is CC1=NC2CN(C3CC(N)[C@@H](c4cc(F)ccc4F)OC3C(F)(F)F)CC2N1C.NC=O. The van der Waals surface area contributed by atoms with E-state index in [4.69, 9.17) is 15.3 Å². The van der Waals surface area contributed by atoms with E-state index in [2.05, 4.69) is 10.7 Å². The van der Waals surface area contributed by atoms with Crippen molar-refractivity contribution in [3.8, 4) is 0 Å². The first-order valence-corrected chi connectivity index (χ1v) is 10.1. The van der Waals surface area contributed by atoms with Gasteiger partial charge in [-0.05, 0) is 31.5 Å². The number of halogens is 5. The summed E-state index contributed by atoms with van der Waals surface area (Å²) in [4.78, 5) is 16.8. The summed E-state index contributed by atoms with van der Waals surface area (Å²) >= 11 is 0. The number of likely N-dealkylation sites (tertiary alicyclic amines) is 1. The number of carbonyl (C=O) groups excluding carboxylic acids is 1. The van der Waals surface area contributed by atoms with Crippen LogP contribution in [-0.4, -0.2) is 78.6 Å². The minimum atomic E-state index is -4.67. The predicted molar refractivity (Wildman–Crippen MR) is 107 cm³/mol. The Balaban J connectivity index is 0.000000913. The van der Waals surface area contributed by atoms with Crippen molar-refractivity contribution in [1.29, 1.82) is 0 Å². The van der Waals surface area contributed by atoms with Crippen LogP contribution in [0.5, 0.6) is 0 Å². The normalized spacial score (nSPS) is 32.8. The second-order valence-corrected chi connectivity index (χ2v) is 8.16. The summed E-state index contributed by atoms with van der Waals surface area (Å²) < 4.78 is 74.7. The molecule has 0 aromatic heterocycles. The fourth-order valence-electron chi connectivity index (χ4n) is 4.70. The zero-order chi connectivity index (χ0) is 23.8. The Labute approximate surface area is 182 Å². The van der Waals surface area contributed by atoms with E-state index in [1.807, 2.05) is 18.9 Å². The van der Waals surface area contributed by atoms with Gasteiger partial charge in [0.05, 0.1) is 17.9 Å². The minimum absolute atomic E-state index is 0.0125. The van der Waals surface area contributed by atoms with Gasteiger partial charge in [-0.3, -0.25) is 14.7 Å². The van der Waals surface area contributed by atoms with E-state index in [9.17, 15) is 22.0 Å². The first-order valence-electron chi connectivity index (χ1n) is 10.1. The molecule has 2 fully saturated rings. The molecule has 32 heavy (non-hydrogen) atoms. The number of hydrogen-bond donors (Lipinski definition) is 2. The Bertz CT molecular complexity index is 867. The highest BCUT2D eigenvalue weighted by atomic mass is 19.4. The van der Waals surface area contributed by atoms with Crippen LogP contribution in [-0.2, 0) is 9.53 Å². The van der Waals surface area contributed by atoms with Crippen molar-refractivity contribution in [3.05, 3.63) is 35.4 Å². The maximum atomic E-state index is 14.2. The number of hydrogen-bond acceptors (Lipinski definition) is 6. The maximum Gasteiger partial charge on any atom is 0.416 e. The van der Waals surface area contributed by atoms with Crippen LogP contribution < -0.4 is 11.5 Å². The van der Waals surface area contributed by atoms with Crippen LogP contribution in [0.1, 0.15) is 25.0 Å². The number of rotatable bonds is 2. The van der Waals surface area contributed by atoms with E-state index in [0.717, 1.165) is 24.0 Å². The molecule has 7 nitrogen and oxygen atoms in total. The number of nitrogens with two attached hydrogens (primary N) is 2. The molecule has 178 valence electrons. The Hall–Kier alpha value is -2.31. The largest absolute Gasteiger partial charge is 0.416 e. The van der Waals surface area contributed by atoms with Crippen molar-refractivity contribution in [2.75, 3.05) is 20.1 Å². The van der Waals surface area contributed by atoms with Gasteiger partial charge in [-0.2, -0.15) is 13.2 Å². The zero-order valence-electron chi connectivity index (χ0n) is 17.6. The Morgan fingerprint density at radius 2 is 1.88 bits per heavy atom. The first-order chi connectivity index (χ1) is 15.0. The molecule has 0 radical (unpaired) electrons. The number of fused-ring (bicyclic) bond motifs is 1. The van der Waals surface area contributed by atoms with Gasteiger partial charge >= 0.3 is 6.18 Å². The second kappa shape index (κ2) is 9.28. The average molecular weight is 463 g/mol. The standard InChI is InChI=1S/C19H23F5N4O.CH3NO/c1-9-26-14-7-28(8-16(14)27(9)2)15-6-13(25)17(29-18(15)19(22,23)24)11-5-10(20)3-4-12(11)21;2-1-3/h3-5,13-18H,6-8,25H2,1-2H3;1H,(H2,2,3)/t13?,14?,15?,16?,17-,18?;/m1./s1. The first kappa shape index (κ1) is 24.3. The van der Waals surface area contributed by atoms with Crippen LogP contribution in [0.2, 0.25) is 0 Å². The van der Waals surface area contributed by atoms with Crippen LogP contribution in [0.3, 0.4) is 0 Å². The van der Waals surface area contributed by atoms with E-state index in [1.165, 1.54) is 0 Å². The van der Waals surface area contributed by atoms with Crippen LogP contribution in [0, 0.1) is 11.6 Å². The molecule has 4 rings (SSSR count). The van der Waals surface area contributed by atoms with Gasteiger partial charge in [0.1, 0.15) is 17.7 Å². The topological polar surface area (TPSA) is 97.2 Å². The Kier molecular flexibility index (Phi) is 7.06. The number of nitrogens with zero attached hydrogens (tertiary/aromatic N) is 3. The third-order valence-electron chi connectivity index (χ3n) is 6.25. The van der Waals surface area contributed by atoms with Gasteiger partial charge in [0, 0.05) is 37.8 Å². The van der Waals surface area contributed by atoms with Gasteiger partial charge in [0.15, 0.2) is 6.10 Å². The molecule has 0 spiro atoms. The fourth-order valence-corrected chi connectivity index (χ4v) is 4.70. The summed E-state index contributed by atoms with van der Waals surface area (Å²) in [5.74, 6) is -0.731. The van der Waals surface area contributed by atoms with Crippen LogP contribution in [0.25, 0.3) is 0 Å². The van der Waals surface area contributed by atoms with Gasteiger partial charge < -0.3 is 21.1 Å². The van der Waals surface area contributed by atoms with Crippen LogP contribution in [0.15, 0.2) is 23.2 Å². The fraction of sp³-hybridized carbons (Fsp3) is 0.600. The average Bonchev–Trinajstić information content (AvgIpc) is 3.23. The summed E-state index contributed by atoms with van der Waals surface area (Å²) in [5.41, 5.74) is 9.99. The van der Waals surface area contributed by atoms with Gasteiger partial charge in [0.2, 0.25) is 6.41 Å². The van der Waals surface area contributed by atoms with Gasteiger partial charge in [-0.15, -0.1) is 0 Å². The van der Waals surface area contributed by atoms with E-state index in [-0.39, 0.29) is 30.5 Å². The van der Waals surface area contributed by atoms with Crippen molar-refractivity contribution in [1.82, 2.24) is 9.80 Å². The predicted octanol–water partition coefficient (Wildman–Crippen LogP) is 1.57. The molecule has 3 heterocycles. The highest BCUT2D eigenvalue weighted by molar-refractivity contribution is 5.82. The molecule has 1 aromatic rings. The molecule has 3 aliphatic rings. The summed E-state index contributed by atoms with van der Waals surface area (Å²) in [6, 6.07) is 0.625. The lowest BCUT2D eigenvalue weighted by Crippen LogP contribution is -2.59. The van der Waals surface area contributed by atoms with Crippen molar-refractivity contribution in [2.45, 2.75) is 55.9 Å². The molecular formula is C20H26F5N5O2. The van der Waals surface area contributed by atoms with E-state index >= 15 is 0 Å². The molecule has 12 heteroatoms. The minimum Gasteiger partial charge on any atom is -0.372 e. The number of amides is 1. The number of benzene rings is 1. The third-order valence-corrected chi connectivity index (χ3v) is 6.25. The smallest absolute Gasteiger partial charge is 0.372 e. The lowest BCUT2D eigenvalue weighted by Gasteiger charge is -2.44. The van der Waals surface area contributed by atoms with Crippen LogP contribution in [0.4, 0.5) is 22.0 Å². The molecular weight excluding hydrogens is 437 g/mol. The molecule has 0 bridgehead atoms. The molecule has 5 unspecified atom stereocenters. The molecule has 4 N–H and O–H groups in total. The molecule has 0 aliphatic carbocycles. The number of likely N-dealkylation sites (N-methyl/N-ethyl adjacent to an activating group) is 1. The lowest BCUT2D eigenvalue weighted by molar-refractivity contribution is -0.267. The molecule has 1 amide bonds. The lowest BCUT2D eigenvalue weighted by atomic mass is 9.89. The van der Waals surface area contributed by atoms with Crippen molar-refractivity contribution >= 4 is 12.2 Å². The molecule has 3 aliphatic heterocycles. The van der Waals surface area contributed by atoms with Gasteiger partial charge in [0.25, 0.3) is 0 Å². The number of ether oxygens (including phenoxy) is 1. The quantitative estimate of drug-likeness (QED) is 0.513. The number of carbonyl (C=O) groups is 1. The van der Waals surface area contributed by atoms with Crippen LogP contribution >= 0.6 is 0 Å². The molecule has 2 saturated heterocycles.